The number of hydrogen-bond acceptors (Lipinski definition) is 3. The first-order valence-electron chi connectivity index (χ1n) is 6.72. The second-order valence-corrected chi connectivity index (χ2v) is 5.22. The molecule has 1 N–H and O–H groups in total. The maximum absolute atomic E-state index is 14.1. The molecular weight excluding hydrogens is 305 g/mol. The summed E-state index contributed by atoms with van der Waals surface area (Å²) < 4.78 is 15.1. The van der Waals surface area contributed by atoms with Crippen LogP contribution in [0, 0.1) is 5.82 Å². The van der Waals surface area contributed by atoms with E-state index in [0.29, 0.717) is 28.7 Å². The SMILES string of the molecule is CNCc1ccc(-c2ccnc3c2ccc(=O)n3Cl)cc1F. The van der Waals surface area contributed by atoms with E-state index in [-0.39, 0.29) is 11.4 Å². The molecule has 0 aliphatic rings. The van der Waals surface area contributed by atoms with Crippen molar-refractivity contribution in [3.63, 3.8) is 0 Å². The van der Waals surface area contributed by atoms with Crippen molar-refractivity contribution in [1.82, 2.24) is 14.4 Å². The molecule has 0 amide bonds. The van der Waals surface area contributed by atoms with Gasteiger partial charge in [0.2, 0.25) is 0 Å². The quantitative estimate of drug-likeness (QED) is 0.808. The molecule has 0 unspecified atom stereocenters. The summed E-state index contributed by atoms with van der Waals surface area (Å²) in [5.74, 6) is -0.281. The third-order valence-corrected chi connectivity index (χ3v) is 3.80. The van der Waals surface area contributed by atoms with Gasteiger partial charge in [-0.1, -0.05) is 12.1 Å². The van der Waals surface area contributed by atoms with E-state index in [2.05, 4.69) is 10.3 Å². The minimum Gasteiger partial charge on any atom is -0.316 e. The Labute approximate surface area is 131 Å². The Morgan fingerprint density at radius 3 is 2.82 bits per heavy atom. The molecule has 2 heterocycles. The molecule has 6 heteroatoms. The monoisotopic (exact) mass is 317 g/mol. The number of pyridine rings is 2. The molecule has 112 valence electrons. The normalized spacial score (nSPS) is 11.0. The fraction of sp³-hybridized carbons (Fsp3) is 0.125. The van der Waals surface area contributed by atoms with Crippen LogP contribution in [0.4, 0.5) is 4.39 Å². The zero-order chi connectivity index (χ0) is 15.7. The van der Waals surface area contributed by atoms with Crippen LogP contribution in [-0.2, 0) is 6.54 Å². The second kappa shape index (κ2) is 5.87. The molecule has 3 aromatic rings. The van der Waals surface area contributed by atoms with E-state index >= 15 is 0 Å². The summed E-state index contributed by atoms with van der Waals surface area (Å²) in [5, 5.41) is 3.61. The van der Waals surface area contributed by atoms with Gasteiger partial charge in [0.05, 0.1) is 0 Å². The fourth-order valence-electron chi connectivity index (χ4n) is 2.41. The molecule has 0 bridgehead atoms. The Bertz CT molecular complexity index is 908. The zero-order valence-corrected chi connectivity index (χ0v) is 12.6. The molecule has 0 saturated heterocycles. The molecule has 0 fully saturated rings. The maximum Gasteiger partial charge on any atom is 0.266 e. The number of halogens is 2. The van der Waals surface area contributed by atoms with E-state index in [0.717, 1.165) is 9.65 Å². The van der Waals surface area contributed by atoms with E-state index in [1.54, 1.807) is 31.4 Å². The highest BCUT2D eigenvalue weighted by Crippen LogP contribution is 2.28. The Morgan fingerprint density at radius 2 is 2.09 bits per heavy atom. The summed E-state index contributed by atoms with van der Waals surface area (Å²) >= 11 is 5.94. The number of benzene rings is 1. The van der Waals surface area contributed by atoms with Crippen LogP contribution in [0.3, 0.4) is 0 Å². The first-order valence-corrected chi connectivity index (χ1v) is 7.06. The molecule has 4 nitrogen and oxygen atoms in total. The summed E-state index contributed by atoms with van der Waals surface area (Å²) in [6.07, 6.45) is 1.55. The molecule has 2 aromatic heterocycles. The lowest BCUT2D eigenvalue weighted by Gasteiger charge is -2.09. The van der Waals surface area contributed by atoms with Crippen molar-refractivity contribution in [3.05, 3.63) is 64.3 Å². The van der Waals surface area contributed by atoms with Gasteiger partial charge in [0, 0.05) is 41.5 Å². The van der Waals surface area contributed by atoms with Crippen LogP contribution in [0.25, 0.3) is 22.2 Å². The second-order valence-electron chi connectivity index (χ2n) is 4.88. The lowest BCUT2D eigenvalue weighted by atomic mass is 10.0. The first kappa shape index (κ1) is 14.7. The maximum atomic E-state index is 14.1. The predicted octanol–water partition coefficient (Wildman–Crippen LogP) is 2.92. The molecule has 1 aromatic carbocycles. The highest BCUT2D eigenvalue weighted by molar-refractivity contribution is 6.18. The van der Waals surface area contributed by atoms with Crippen LogP contribution in [-0.4, -0.2) is 16.1 Å². The van der Waals surface area contributed by atoms with E-state index in [1.807, 2.05) is 6.07 Å². The number of nitrogens with zero attached hydrogens (tertiary/aromatic N) is 2. The zero-order valence-electron chi connectivity index (χ0n) is 11.8. The van der Waals surface area contributed by atoms with Gasteiger partial charge in [-0.3, -0.25) is 4.79 Å². The first-order chi connectivity index (χ1) is 10.6. The van der Waals surface area contributed by atoms with Crippen LogP contribution in [0.2, 0.25) is 0 Å². The molecule has 22 heavy (non-hydrogen) atoms. The number of fused-ring (bicyclic) bond motifs is 1. The number of nitrogens with one attached hydrogen (secondary N) is 1. The third kappa shape index (κ3) is 2.49. The molecule has 0 radical (unpaired) electrons. The average Bonchev–Trinajstić information content (AvgIpc) is 2.53. The number of hydrogen-bond donors (Lipinski definition) is 1. The van der Waals surface area contributed by atoms with Gasteiger partial charge in [-0.05, 0) is 36.4 Å². The van der Waals surface area contributed by atoms with E-state index in [4.69, 9.17) is 11.8 Å². The van der Waals surface area contributed by atoms with Crippen molar-refractivity contribution in [2.75, 3.05) is 7.05 Å². The summed E-state index contributed by atoms with van der Waals surface area (Å²) in [6, 6.07) is 9.85. The highest BCUT2D eigenvalue weighted by atomic mass is 35.5. The van der Waals surface area contributed by atoms with Crippen LogP contribution in [0.1, 0.15) is 5.56 Å². The minimum atomic E-state index is -0.352. The van der Waals surface area contributed by atoms with Crippen LogP contribution in [0.15, 0.2) is 47.4 Å². The smallest absolute Gasteiger partial charge is 0.266 e. The van der Waals surface area contributed by atoms with Gasteiger partial charge in [0.1, 0.15) is 5.82 Å². The molecule has 0 atom stereocenters. The van der Waals surface area contributed by atoms with Crippen LogP contribution >= 0.6 is 11.8 Å². The summed E-state index contributed by atoms with van der Waals surface area (Å²) in [5.41, 5.74) is 2.08. The topological polar surface area (TPSA) is 46.9 Å². The van der Waals surface area contributed by atoms with Crippen molar-refractivity contribution in [3.8, 4) is 11.1 Å². The van der Waals surface area contributed by atoms with Gasteiger partial charge in [0.25, 0.3) is 5.56 Å². The molecule has 3 rings (SSSR count). The molecule has 0 spiro atoms. The van der Waals surface area contributed by atoms with Crippen molar-refractivity contribution in [2.45, 2.75) is 6.54 Å². The van der Waals surface area contributed by atoms with Gasteiger partial charge in [-0.25, -0.2) is 9.37 Å². The van der Waals surface area contributed by atoms with Gasteiger partial charge in [-0.2, -0.15) is 4.09 Å². The summed E-state index contributed by atoms with van der Waals surface area (Å²) in [7, 11) is 1.77. The fourth-order valence-corrected chi connectivity index (χ4v) is 2.60. The van der Waals surface area contributed by atoms with Gasteiger partial charge in [-0.15, -0.1) is 0 Å². The summed E-state index contributed by atoms with van der Waals surface area (Å²) in [4.78, 5) is 15.7. The lowest BCUT2D eigenvalue weighted by Crippen LogP contribution is -2.12. The van der Waals surface area contributed by atoms with Crippen molar-refractivity contribution >= 4 is 22.8 Å². The molecule has 0 saturated carbocycles. The van der Waals surface area contributed by atoms with Gasteiger partial charge >= 0.3 is 0 Å². The van der Waals surface area contributed by atoms with Crippen LogP contribution < -0.4 is 10.9 Å². The Morgan fingerprint density at radius 1 is 1.27 bits per heavy atom. The molecule has 0 aliphatic carbocycles. The standard InChI is InChI=1S/C16H13ClFN3O/c1-19-9-11-3-2-10(8-14(11)18)12-6-7-20-16-13(12)4-5-15(22)21(16)17/h2-8,19H,9H2,1H3. The van der Waals surface area contributed by atoms with Crippen molar-refractivity contribution in [2.24, 2.45) is 0 Å². The Kier molecular flexibility index (Phi) is 3.92. The summed E-state index contributed by atoms with van der Waals surface area (Å²) in [6.45, 7) is 0.463. The van der Waals surface area contributed by atoms with E-state index < -0.39 is 0 Å². The average molecular weight is 318 g/mol. The minimum absolute atomic E-state index is 0.281. The lowest BCUT2D eigenvalue weighted by molar-refractivity contribution is 0.601. The number of aromatic nitrogens is 2. The number of rotatable bonds is 3. The van der Waals surface area contributed by atoms with E-state index in [1.165, 1.54) is 12.1 Å². The highest BCUT2D eigenvalue weighted by Gasteiger charge is 2.10. The third-order valence-electron chi connectivity index (χ3n) is 3.47. The van der Waals surface area contributed by atoms with Crippen LogP contribution in [0.5, 0.6) is 0 Å². The van der Waals surface area contributed by atoms with Gasteiger partial charge < -0.3 is 5.32 Å². The molecular formula is C16H13ClFN3O. The van der Waals surface area contributed by atoms with Crippen molar-refractivity contribution < 1.29 is 4.39 Å². The Balaban J connectivity index is 2.20. The Hall–Kier alpha value is -2.24. The van der Waals surface area contributed by atoms with Crippen molar-refractivity contribution in [1.29, 1.82) is 0 Å². The van der Waals surface area contributed by atoms with Gasteiger partial charge in [0.15, 0.2) is 5.65 Å². The predicted molar refractivity (Wildman–Crippen MR) is 85.4 cm³/mol. The largest absolute Gasteiger partial charge is 0.316 e. The van der Waals surface area contributed by atoms with E-state index in [9.17, 15) is 9.18 Å². The molecule has 0 aliphatic heterocycles.